The van der Waals surface area contributed by atoms with Crippen molar-refractivity contribution in [1.29, 1.82) is 0 Å². The number of anilines is 1. The molecule has 15 heavy (non-hydrogen) atoms. The van der Waals surface area contributed by atoms with Crippen molar-refractivity contribution in [3.8, 4) is 0 Å². The molecule has 0 saturated heterocycles. The predicted molar refractivity (Wildman–Crippen MR) is 57.5 cm³/mol. The highest BCUT2D eigenvalue weighted by Gasteiger charge is 2.09. The SMILES string of the molecule is CNCc1cnc(N(N)CCN)c(F)c1. The van der Waals surface area contributed by atoms with Gasteiger partial charge in [0.15, 0.2) is 11.6 Å². The molecule has 0 saturated carbocycles. The highest BCUT2D eigenvalue weighted by Crippen LogP contribution is 2.14. The third-order valence-corrected chi connectivity index (χ3v) is 1.90. The molecule has 0 spiro atoms. The van der Waals surface area contributed by atoms with E-state index < -0.39 is 5.82 Å². The summed E-state index contributed by atoms with van der Waals surface area (Å²) < 4.78 is 13.5. The summed E-state index contributed by atoms with van der Waals surface area (Å²) in [5.41, 5.74) is 6.09. The molecule has 0 amide bonds. The van der Waals surface area contributed by atoms with Crippen LogP contribution in [0.15, 0.2) is 12.3 Å². The second kappa shape index (κ2) is 5.59. The average molecular weight is 213 g/mol. The highest BCUT2D eigenvalue weighted by atomic mass is 19.1. The number of halogens is 1. The molecule has 5 N–H and O–H groups in total. The number of hydrazine groups is 1. The number of hydrogen-bond donors (Lipinski definition) is 3. The van der Waals surface area contributed by atoms with Gasteiger partial charge in [-0.25, -0.2) is 15.2 Å². The molecule has 0 aromatic carbocycles. The van der Waals surface area contributed by atoms with Crippen molar-refractivity contribution in [2.45, 2.75) is 6.54 Å². The van der Waals surface area contributed by atoms with E-state index in [1.165, 1.54) is 11.1 Å². The standard InChI is InChI=1S/C9H16FN5/c1-13-5-7-4-8(10)9(14-6-7)15(12)3-2-11/h4,6,13H,2-3,5,11-12H2,1H3. The number of rotatable bonds is 5. The van der Waals surface area contributed by atoms with Crippen molar-refractivity contribution in [1.82, 2.24) is 10.3 Å². The summed E-state index contributed by atoms with van der Waals surface area (Å²) >= 11 is 0. The molecule has 0 fully saturated rings. The van der Waals surface area contributed by atoms with Crippen molar-refractivity contribution in [2.24, 2.45) is 11.6 Å². The topological polar surface area (TPSA) is 80.2 Å². The number of pyridine rings is 1. The maximum absolute atomic E-state index is 13.5. The maximum Gasteiger partial charge on any atom is 0.179 e. The normalized spacial score (nSPS) is 10.4. The van der Waals surface area contributed by atoms with Crippen LogP contribution < -0.4 is 21.9 Å². The molecule has 1 heterocycles. The fourth-order valence-corrected chi connectivity index (χ4v) is 1.23. The fourth-order valence-electron chi connectivity index (χ4n) is 1.23. The highest BCUT2D eigenvalue weighted by molar-refractivity contribution is 5.39. The zero-order chi connectivity index (χ0) is 11.3. The van der Waals surface area contributed by atoms with Gasteiger partial charge in [-0.1, -0.05) is 0 Å². The molecular formula is C9H16FN5. The van der Waals surface area contributed by atoms with Gasteiger partial charge in [0, 0.05) is 25.8 Å². The van der Waals surface area contributed by atoms with Crippen LogP contribution >= 0.6 is 0 Å². The van der Waals surface area contributed by atoms with Crippen molar-refractivity contribution in [3.05, 3.63) is 23.6 Å². The number of aromatic nitrogens is 1. The summed E-state index contributed by atoms with van der Waals surface area (Å²) in [5, 5.41) is 4.12. The lowest BCUT2D eigenvalue weighted by Gasteiger charge is -2.17. The van der Waals surface area contributed by atoms with Gasteiger partial charge in [0.2, 0.25) is 0 Å². The molecule has 0 radical (unpaired) electrons. The van der Waals surface area contributed by atoms with Gasteiger partial charge in [0.1, 0.15) is 0 Å². The Labute approximate surface area is 88.2 Å². The van der Waals surface area contributed by atoms with Gasteiger partial charge in [0.05, 0.1) is 0 Å². The summed E-state index contributed by atoms with van der Waals surface area (Å²) in [5.74, 6) is 5.26. The van der Waals surface area contributed by atoms with E-state index in [1.54, 1.807) is 13.2 Å². The second-order valence-corrected chi connectivity index (χ2v) is 3.16. The van der Waals surface area contributed by atoms with Gasteiger partial charge in [-0.15, -0.1) is 0 Å². The number of nitrogens with one attached hydrogen (secondary N) is 1. The van der Waals surface area contributed by atoms with Gasteiger partial charge in [0.25, 0.3) is 0 Å². The van der Waals surface area contributed by atoms with Crippen molar-refractivity contribution in [3.63, 3.8) is 0 Å². The quantitative estimate of drug-likeness (QED) is 0.457. The van der Waals surface area contributed by atoms with E-state index in [9.17, 15) is 4.39 Å². The van der Waals surface area contributed by atoms with E-state index in [1.807, 2.05) is 0 Å². The fraction of sp³-hybridized carbons (Fsp3) is 0.444. The largest absolute Gasteiger partial charge is 0.329 e. The molecule has 0 unspecified atom stereocenters. The van der Waals surface area contributed by atoms with Crippen LogP contribution in [-0.2, 0) is 6.54 Å². The Hall–Kier alpha value is -1.24. The summed E-state index contributed by atoms with van der Waals surface area (Å²) in [6.07, 6.45) is 1.59. The Bertz CT molecular complexity index is 317. The van der Waals surface area contributed by atoms with Crippen LogP contribution in [0.3, 0.4) is 0 Å². The van der Waals surface area contributed by atoms with E-state index in [0.717, 1.165) is 5.56 Å². The van der Waals surface area contributed by atoms with E-state index >= 15 is 0 Å². The second-order valence-electron chi connectivity index (χ2n) is 3.16. The van der Waals surface area contributed by atoms with Crippen LogP contribution in [0.2, 0.25) is 0 Å². The number of hydrogen-bond acceptors (Lipinski definition) is 5. The first-order valence-corrected chi connectivity index (χ1v) is 4.70. The van der Waals surface area contributed by atoms with Gasteiger partial charge in [-0.2, -0.15) is 0 Å². The molecule has 1 rings (SSSR count). The first-order valence-electron chi connectivity index (χ1n) is 4.70. The minimum Gasteiger partial charge on any atom is -0.329 e. The van der Waals surface area contributed by atoms with E-state index in [0.29, 0.717) is 19.6 Å². The van der Waals surface area contributed by atoms with Crippen LogP contribution in [0, 0.1) is 5.82 Å². The summed E-state index contributed by atoms with van der Waals surface area (Å²) in [6.45, 7) is 1.30. The number of nitrogens with zero attached hydrogens (tertiary/aromatic N) is 2. The van der Waals surface area contributed by atoms with E-state index in [4.69, 9.17) is 11.6 Å². The minimum absolute atomic E-state index is 0.125. The molecule has 0 aliphatic heterocycles. The molecule has 84 valence electrons. The molecule has 0 aliphatic rings. The van der Waals surface area contributed by atoms with Crippen LogP contribution in [-0.4, -0.2) is 25.1 Å². The van der Waals surface area contributed by atoms with Gasteiger partial charge < -0.3 is 11.1 Å². The van der Waals surface area contributed by atoms with Gasteiger partial charge >= 0.3 is 0 Å². The first-order chi connectivity index (χ1) is 7.19. The van der Waals surface area contributed by atoms with Gasteiger partial charge in [-0.05, 0) is 18.7 Å². The minimum atomic E-state index is -0.432. The zero-order valence-electron chi connectivity index (χ0n) is 8.70. The molecule has 1 aromatic rings. The van der Waals surface area contributed by atoms with Crippen LogP contribution in [0.4, 0.5) is 10.2 Å². The Morgan fingerprint density at radius 3 is 2.87 bits per heavy atom. The van der Waals surface area contributed by atoms with E-state index in [-0.39, 0.29) is 5.82 Å². The maximum atomic E-state index is 13.5. The lowest BCUT2D eigenvalue weighted by molar-refractivity contribution is 0.606. The van der Waals surface area contributed by atoms with Gasteiger partial charge in [-0.3, -0.25) is 5.01 Å². The monoisotopic (exact) mass is 213 g/mol. The summed E-state index contributed by atoms with van der Waals surface area (Å²) in [6, 6.07) is 1.41. The van der Waals surface area contributed by atoms with Crippen LogP contribution in [0.1, 0.15) is 5.56 Å². The van der Waals surface area contributed by atoms with Crippen molar-refractivity contribution in [2.75, 3.05) is 25.1 Å². The summed E-state index contributed by atoms with van der Waals surface area (Å²) in [7, 11) is 1.79. The molecule has 6 heteroatoms. The van der Waals surface area contributed by atoms with Crippen LogP contribution in [0.25, 0.3) is 0 Å². The Morgan fingerprint density at radius 1 is 1.60 bits per heavy atom. The average Bonchev–Trinajstić information content (AvgIpc) is 2.18. The van der Waals surface area contributed by atoms with E-state index in [2.05, 4.69) is 10.3 Å². The Morgan fingerprint density at radius 2 is 2.33 bits per heavy atom. The summed E-state index contributed by atoms with van der Waals surface area (Å²) in [4.78, 5) is 3.95. The molecule has 0 atom stereocenters. The molecular weight excluding hydrogens is 197 g/mol. The zero-order valence-corrected chi connectivity index (χ0v) is 8.70. The lowest BCUT2D eigenvalue weighted by atomic mass is 10.2. The van der Waals surface area contributed by atoms with Crippen molar-refractivity contribution >= 4 is 5.82 Å². The van der Waals surface area contributed by atoms with Crippen LogP contribution in [0.5, 0.6) is 0 Å². The first kappa shape index (κ1) is 11.8. The smallest absolute Gasteiger partial charge is 0.179 e. The van der Waals surface area contributed by atoms with Crippen molar-refractivity contribution < 1.29 is 4.39 Å². The molecule has 5 nitrogen and oxygen atoms in total. The number of nitrogens with two attached hydrogens (primary N) is 2. The lowest BCUT2D eigenvalue weighted by Crippen LogP contribution is -2.37. The predicted octanol–water partition coefficient (Wildman–Crippen LogP) is -0.421. The third-order valence-electron chi connectivity index (χ3n) is 1.90. The molecule has 0 bridgehead atoms. The molecule has 0 aliphatic carbocycles. The third kappa shape index (κ3) is 3.12. The Balaban J connectivity index is 2.82. The molecule has 1 aromatic heterocycles. The Kier molecular flexibility index (Phi) is 4.41.